The first-order valence-corrected chi connectivity index (χ1v) is 8.89. The first-order valence-electron chi connectivity index (χ1n) is 8.01. The van der Waals surface area contributed by atoms with Crippen LogP contribution in [0.1, 0.15) is 70.0 Å². The molecule has 0 bridgehead atoms. The number of hydrogen-bond acceptors (Lipinski definition) is 4. The molecule has 0 amide bonds. The highest BCUT2D eigenvalue weighted by molar-refractivity contribution is 7.09. The van der Waals surface area contributed by atoms with Crippen LogP contribution in [0.4, 0.5) is 0 Å². The minimum atomic E-state index is 0.343. The third-order valence-electron chi connectivity index (χ3n) is 3.28. The maximum atomic E-state index is 5.87. The van der Waals surface area contributed by atoms with E-state index in [0.717, 1.165) is 36.6 Å². The van der Waals surface area contributed by atoms with Gasteiger partial charge in [-0.15, -0.1) is 11.3 Å². The summed E-state index contributed by atoms with van der Waals surface area (Å²) in [6, 6.07) is 0. The van der Waals surface area contributed by atoms with Gasteiger partial charge in [-0.3, -0.25) is 0 Å². The van der Waals surface area contributed by atoms with Crippen molar-refractivity contribution in [2.75, 3.05) is 6.54 Å². The smallest absolute Gasteiger partial charge is 0.107 e. The third kappa shape index (κ3) is 7.98. The van der Waals surface area contributed by atoms with Gasteiger partial charge in [0.1, 0.15) is 5.01 Å². The molecule has 1 atom stereocenters. The minimum Gasteiger partial charge on any atom is -0.372 e. The van der Waals surface area contributed by atoms with Crippen LogP contribution in [-0.2, 0) is 17.9 Å². The molecule has 1 aromatic heterocycles. The van der Waals surface area contributed by atoms with Crippen LogP contribution < -0.4 is 5.32 Å². The van der Waals surface area contributed by atoms with E-state index in [0.29, 0.717) is 12.7 Å². The Morgan fingerprint density at radius 1 is 1.25 bits per heavy atom. The van der Waals surface area contributed by atoms with Crippen molar-refractivity contribution in [2.45, 2.75) is 78.6 Å². The summed E-state index contributed by atoms with van der Waals surface area (Å²) < 4.78 is 5.87. The molecule has 20 heavy (non-hydrogen) atoms. The van der Waals surface area contributed by atoms with Gasteiger partial charge in [0.15, 0.2) is 0 Å². The molecule has 0 aliphatic carbocycles. The van der Waals surface area contributed by atoms with Gasteiger partial charge in [-0.25, -0.2) is 4.98 Å². The average Bonchev–Trinajstić information content (AvgIpc) is 2.90. The molecule has 116 valence electrons. The van der Waals surface area contributed by atoms with Crippen LogP contribution >= 0.6 is 11.3 Å². The van der Waals surface area contributed by atoms with E-state index in [-0.39, 0.29) is 0 Å². The van der Waals surface area contributed by atoms with E-state index in [4.69, 9.17) is 4.74 Å². The molecule has 0 aliphatic rings. The second-order valence-corrected chi connectivity index (χ2v) is 6.32. The van der Waals surface area contributed by atoms with Crippen molar-refractivity contribution in [3.05, 3.63) is 16.1 Å². The molecule has 0 saturated carbocycles. The van der Waals surface area contributed by atoms with Crippen LogP contribution in [0.2, 0.25) is 0 Å². The van der Waals surface area contributed by atoms with Gasteiger partial charge in [-0.1, -0.05) is 39.5 Å². The molecular formula is C16H30N2OS. The topological polar surface area (TPSA) is 34.1 Å². The van der Waals surface area contributed by atoms with Gasteiger partial charge in [-0.05, 0) is 26.3 Å². The molecule has 0 saturated heterocycles. The summed E-state index contributed by atoms with van der Waals surface area (Å²) >= 11 is 1.72. The van der Waals surface area contributed by atoms with Gasteiger partial charge in [0.2, 0.25) is 0 Å². The Bertz CT molecular complexity index is 341. The molecule has 0 fully saturated rings. The SMILES string of the molecule is CCCCCCC(C)OCc1csc(CNCCC)n1. The van der Waals surface area contributed by atoms with Crippen molar-refractivity contribution in [3.8, 4) is 0 Å². The highest BCUT2D eigenvalue weighted by Crippen LogP contribution is 2.13. The molecule has 1 heterocycles. The summed E-state index contributed by atoms with van der Waals surface area (Å²) in [5.41, 5.74) is 1.07. The van der Waals surface area contributed by atoms with Crippen LogP contribution in [0.3, 0.4) is 0 Å². The van der Waals surface area contributed by atoms with Gasteiger partial charge in [0.05, 0.1) is 18.4 Å². The maximum absolute atomic E-state index is 5.87. The van der Waals surface area contributed by atoms with Crippen LogP contribution in [0.5, 0.6) is 0 Å². The maximum Gasteiger partial charge on any atom is 0.107 e. The second kappa shape index (κ2) is 11.2. The first-order chi connectivity index (χ1) is 9.76. The van der Waals surface area contributed by atoms with Gasteiger partial charge in [0, 0.05) is 11.9 Å². The second-order valence-electron chi connectivity index (χ2n) is 5.38. The predicted molar refractivity (Wildman–Crippen MR) is 87.1 cm³/mol. The van der Waals surface area contributed by atoms with Crippen LogP contribution in [-0.4, -0.2) is 17.6 Å². The Hall–Kier alpha value is -0.450. The highest BCUT2D eigenvalue weighted by atomic mass is 32.1. The van der Waals surface area contributed by atoms with Crippen molar-refractivity contribution < 1.29 is 4.74 Å². The van der Waals surface area contributed by atoms with Crippen LogP contribution in [0.25, 0.3) is 0 Å². The predicted octanol–water partition coefficient (Wildman–Crippen LogP) is 4.52. The number of ether oxygens (including phenoxy) is 1. The van der Waals surface area contributed by atoms with E-state index in [2.05, 4.69) is 36.5 Å². The molecule has 1 rings (SSSR count). The van der Waals surface area contributed by atoms with Gasteiger partial charge in [0.25, 0.3) is 0 Å². The molecule has 4 heteroatoms. The lowest BCUT2D eigenvalue weighted by molar-refractivity contribution is 0.0442. The standard InChI is InChI=1S/C16H30N2OS/c1-4-6-7-8-9-14(3)19-12-15-13-20-16(18-15)11-17-10-5-2/h13-14,17H,4-12H2,1-3H3. The lowest BCUT2D eigenvalue weighted by Gasteiger charge is -2.11. The van der Waals surface area contributed by atoms with E-state index < -0.39 is 0 Å². The molecule has 0 spiro atoms. The summed E-state index contributed by atoms with van der Waals surface area (Å²) in [5.74, 6) is 0. The van der Waals surface area contributed by atoms with Crippen LogP contribution in [0, 0.1) is 0 Å². The van der Waals surface area contributed by atoms with Gasteiger partial charge in [-0.2, -0.15) is 0 Å². The normalized spacial score (nSPS) is 12.8. The molecule has 1 N–H and O–H groups in total. The van der Waals surface area contributed by atoms with Crippen molar-refractivity contribution in [3.63, 3.8) is 0 Å². The zero-order valence-electron chi connectivity index (χ0n) is 13.3. The Kier molecular flexibility index (Phi) is 9.89. The summed E-state index contributed by atoms with van der Waals surface area (Å²) in [6.45, 7) is 9.18. The van der Waals surface area contributed by atoms with Crippen molar-refractivity contribution in [2.24, 2.45) is 0 Å². The Morgan fingerprint density at radius 3 is 2.85 bits per heavy atom. The van der Waals surface area contributed by atoms with E-state index >= 15 is 0 Å². The monoisotopic (exact) mass is 298 g/mol. The zero-order chi connectivity index (χ0) is 14.6. The lowest BCUT2D eigenvalue weighted by Crippen LogP contribution is -2.13. The number of nitrogens with zero attached hydrogens (tertiary/aromatic N) is 1. The molecule has 0 aromatic carbocycles. The average molecular weight is 298 g/mol. The fraction of sp³-hybridized carbons (Fsp3) is 0.812. The lowest BCUT2D eigenvalue weighted by atomic mass is 10.1. The van der Waals surface area contributed by atoms with E-state index in [9.17, 15) is 0 Å². The fourth-order valence-electron chi connectivity index (χ4n) is 2.04. The number of rotatable bonds is 12. The van der Waals surface area contributed by atoms with E-state index in [1.54, 1.807) is 11.3 Å². The summed E-state index contributed by atoms with van der Waals surface area (Å²) in [5, 5.41) is 6.65. The molecule has 0 aliphatic heterocycles. The number of unbranched alkanes of at least 4 members (excludes halogenated alkanes) is 3. The van der Waals surface area contributed by atoms with Gasteiger partial charge < -0.3 is 10.1 Å². The number of thiazole rings is 1. The fourth-order valence-corrected chi connectivity index (χ4v) is 2.79. The van der Waals surface area contributed by atoms with Crippen molar-refractivity contribution >= 4 is 11.3 Å². The molecule has 1 aromatic rings. The zero-order valence-corrected chi connectivity index (χ0v) is 14.1. The number of hydrogen-bond donors (Lipinski definition) is 1. The van der Waals surface area contributed by atoms with E-state index in [1.165, 1.54) is 25.7 Å². The Morgan fingerprint density at radius 2 is 2.10 bits per heavy atom. The Balaban J connectivity index is 2.14. The third-order valence-corrected chi connectivity index (χ3v) is 4.18. The molecular weight excluding hydrogens is 268 g/mol. The number of nitrogens with one attached hydrogen (secondary N) is 1. The molecule has 1 unspecified atom stereocenters. The van der Waals surface area contributed by atoms with Gasteiger partial charge >= 0.3 is 0 Å². The minimum absolute atomic E-state index is 0.343. The van der Waals surface area contributed by atoms with E-state index in [1.807, 2.05) is 0 Å². The quantitative estimate of drug-likeness (QED) is 0.576. The van der Waals surface area contributed by atoms with Crippen molar-refractivity contribution in [1.29, 1.82) is 0 Å². The summed E-state index contributed by atoms with van der Waals surface area (Å²) in [7, 11) is 0. The number of aromatic nitrogens is 1. The highest BCUT2D eigenvalue weighted by Gasteiger charge is 2.06. The first kappa shape index (κ1) is 17.6. The largest absolute Gasteiger partial charge is 0.372 e. The molecule has 3 nitrogen and oxygen atoms in total. The Labute approximate surface area is 128 Å². The van der Waals surface area contributed by atoms with Crippen LogP contribution in [0.15, 0.2) is 5.38 Å². The van der Waals surface area contributed by atoms with Crippen molar-refractivity contribution in [1.82, 2.24) is 10.3 Å². The molecule has 0 radical (unpaired) electrons. The summed E-state index contributed by atoms with van der Waals surface area (Å²) in [6.07, 6.45) is 7.91. The summed E-state index contributed by atoms with van der Waals surface area (Å²) in [4.78, 5) is 4.59.